The molecule has 0 radical (unpaired) electrons. The van der Waals surface area contributed by atoms with E-state index < -0.39 is 5.97 Å². The van der Waals surface area contributed by atoms with E-state index in [1.165, 1.54) is 6.08 Å². The van der Waals surface area contributed by atoms with Crippen molar-refractivity contribution in [2.45, 2.75) is 6.92 Å². The second-order valence-electron chi connectivity index (χ2n) is 2.47. The van der Waals surface area contributed by atoms with Gasteiger partial charge in [0, 0.05) is 11.6 Å². The molecule has 0 atom stereocenters. The Labute approximate surface area is 74.1 Å². The van der Waals surface area contributed by atoms with Gasteiger partial charge in [-0.15, -0.1) is 0 Å². The molecule has 68 valence electrons. The zero-order valence-corrected chi connectivity index (χ0v) is 7.03. The molecule has 0 fully saturated rings. The molecule has 0 saturated carbocycles. The molecule has 1 aromatic heterocycles. The molecule has 0 amide bonds. The van der Waals surface area contributed by atoms with Crippen molar-refractivity contribution < 1.29 is 14.3 Å². The van der Waals surface area contributed by atoms with E-state index in [9.17, 15) is 9.59 Å². The zero-order valence-electron chi connectivity index (χ0n) is 7.03. The van der Waals surface area contributed by atoms with Crippen molar-refractivity contribution in [1.82, 2.24) is 0 Å². The topological polar surface area (TPSA) is 67.5 Å². The molecular weight excluding hydrogens is 172 g/mol. The fraction of sp³-hybridized carbons (Fsp3) is 0.111. The minimum absolute atomic E-state index is 0.199. The van der Waals surface area contributed by atoms with Crippen molar-refractivity contribution >= 4 is 12.0 Å². The van der Waals surface area contributed by atoms with Gasteiger partial charge < -0.3 is 9.52 Å². The molecule has 13 heavy (non-hydrogen) atoms. The van der Waals surface area contributed by atoms with Gasteiger partial charge in [0.05, 0.1) is 0 Å². The summed E-state index contributed by atoms with van der Waals surface area (Å²) in [6.45, 7) is 4.96. The van der Waals surface area contributed by atoms with E-state index in [1.54, 1.807) is 6.92 Å². The molecule has 1 rings (SSSR count). The average Bonchev–Trinajstić information content (AvgIpc) is 2.09. The Bertz CT molecular complexity index is 414. The Morgan fingerprint density at radius 3 is 2.77 bits per heavy atom. The van der Waals surface area contributed by atoms with Gasteiger partial charge in [-0.1, -0.05) is 6.58 Å². The Morgan fingerprint density at radius 1 is 1.69 bits per heavy atom. The first-order valence-electron chi connectivity index (χ1n) is 3.56. The van der Waals surface area contributed by atoms with Gasteiger partial charge in [0.1, 0.15) is 5.76 Å². The normalized spacial score (nSPS) is 9.62. The summed E-state index contributed by atoms with van der Waals surface area (Å²) < 4.78 is 4.88. The van der Waals surface area contributed by atoms with Crippen LogP contribution in [0.1, 0.15) is 21.9 Å². The van der Waals surface area contributed by atoms with Crippen molar-refractivity contribution in [3.8, 4) is 0 Å². The highest BCUT2D eigenvalue weighted by molar-refractivity contribution is 5.84. The summed E-state index contributed by atoms with van der Waals surface area (Å²) in [6.07, 6.45) is 1.31. The quantitative estimate of drug-likeness (QED) is 0.744. The number of carboxylic acids is 1. The minimum atomic E-state index is -1.26. The van der Waals surface area contributed by atoms with Crippen LogP contribution in [0.25, 0.3) is 6.08 Å². The molecule has 0 unspecified atom stereocenters. The Morgan fingerprint density at radius 2 is 2.31 bits per heavy atom. The average molecular weight is 180 g/mol. The number of hydrogen-bond donors (Lipinski definition) is 1. The molecule has 1 aromatic rings. The van der Waals surface area contributed by atoms with E-state index in [0.717, 1.165) is 6.07 Å². The molecule has 0 aromatic carbocycles. The molecule has 0 bridgehead atoms. The van der Waals surface area contributed by atoms with Crippen LogP contribution < -0.4 is 5.43 Å². The van der Waals surface area contributed by atoms with Gasteiger partial charge in [0.25, 0.3) is 0 Å². The summed E-state index contributed by atoms with van der Waals surface area (Å²) in [5, 5.41) is 8.55. The maximum absolute atomic E-state index is 11.2. The summed E-state index contributed by atoms with van der Waals surface area (Å²) in [6, 6.07) is 0.949. The van der Waals surface area contributed by atoms with E-state index in [-0.39, 0.29) is 16.9 Å². The first-order valence-corrected chi connectivity index (χ1v) is 3.56. The predicted octanol–water partition coefficient (Wildman–Crippen LogP) is 1.29. The van der Waals surface area contributed by atoms with Crippen LogP contribution in [-0.4, -0.2) is 11.1 Å². The first-order chi connectivity index (χ1) is 6.06. The Hall–Kier alpha value is -1.84. The predicted molar refractivity (Wildman–Crippen MR) is 46.8 cm³/mol. The van der Waals surface area contributed by atoms with Crippen LogP contribution in [0.2, 0.25) is 0 Å². The molecule has 4 heteroatoms. The smallest absolute Gasteiger partial charge is 0.371 e. The van der Waals surface area contributed by atoms with Gasteiger partial charge in [-0.2, -0.15) is 0 Å². The van der Waals surface area contributed by atoms with Gasteiger partial charge in [0.15, 0.2) is 5.43 Å². The molecule has 0 aliphatic rings. The van der Waals surface area contributed by atoms with Crippen molar-refractivity contribution in [2.24, 2.45) is 0 Å². The minimum Gasteiger partial charge on any atom is -0.475 e. The largest absolute Gasteiger partial charge is 0.475 e. The SMILES string of the molecule is C=Cc1oc(C(=O)O)cc(=O)c1C. The molecule has 1 heterocycles. The van der Waals surface area contributed by atoms with Crippen LogP contribution in [0.4, 0.5) is 0 Å². The van der Waals surface area contributed by atoms with E-state index in [1.807, 2.05) is 0 Å². The summed E-state index contributed by atoms with van der Waals surface area (Å²) in [7, 11) is 0. The second-order valence-corrected chi connectivity index (χ2v) is 2.47. The Kier molecular flexibility index (Phi) is 2.32. The van der Waals surface area contributed by atoms with E-state index in [2.05, 4.69) is 6.58 Å². The van der Waals surface area contributed by atoms with E-state index in [4.69, 9.17) is 9.52 Å². The van der Waals surface area contributed by atoms with Crippen molar-refractivity contribution in [1.29, 1.82) is 0 Å². The number of carbonyl (C=O) groups is 1. The lowest BCUT2D eigenvalue weighted by atomic mass is 10.2. The third-order valence-corrected chi connectivity index (χ3v) is 1.62. The van der Waals surface area contributed by atoms with E-state index in [0.29, 0.717) is 5.56 Å². The van der Waals surface area contributed by atoms with Gasteiger partial charge >= 0.3 is 5.97 Å². The second kappa shape index (κ2) is 3.26. The summed E-state index contributed by atoms with van der Waals surface area (Å²) in [5.41, 5.74) is -0.00134. The maximum Gasteiger partial charge on any atom is 0.371 e. The zero-order chi connectivity index (χ0) is 10.0. The number of hydrogen-bond acceptors (Lipinski definition) is 3. The molecule has 4 nitrogen and oxygen atoms in total. The molecule has 0 aliphatic heterocycles. The number of aromatic carboxylic acids is 1. The Balaban J connectivity index is 3.47. The molecular formula is C9H8O4. The van der Waals surface area contributed by atoms with Crippen LogP contribution >= 0.6 is 0 Å². The van der Waals surface area contributed by atoms with Crippen LogP contribution in [0.3, 0.4) is 0 Å². The lowest BCUT2D eigenvalue weighted by molar-refractivity contribution is 0.0658. The molecule has 0 spiro atoms. The fourth-order valence-corrected chi connectivity index (χ4v) is 0.873. The van der Waals surface area contributed by atoms with Crippen molar-refractivity contribution in [3.05, 3.63) is 40.0 Å². The number of carboxylic acid groups (broad SMARTS) is 1. The molecule has 1 N–H and O–H groups in total. The highest BCUT2D eigenvalue weighted by Crippen LogP contribution is 2.07. The van der Waals surface area contributed by atoms with Crippen molar-refractivity contribution in [3.63, 3.8) is 0 Å². The fourth-order valence-electron chi connectivity index (χ4n) is 0.873. The van der Waals surface area contributed by atoms with Gasteiger partial charge in [-0.05, 0) is 13.0 Å². The van der Waals surface area contributed by atoms with E-state index >= 15 is 0 Å². The molecule has 0 saturated heterocycles. The van der Waals surface area contributed by atoms with Crippen LogP contribution in [0.5, 0.6) is 0 Å². The summed E-state index contributed by atoms with van der Waals surface area (Å²) in [4.78, 5) is 21.6. The highest BCUT2D eigenvalue weighted by atomic mass is 16.4. The molecule has 0 aliphatic carbocycles. The monoisotopic (exact) mass is 180 g/mol. The number of rotatable bonds is 2. The van der Waals surface area contributed by atoms with Crippen LogP contribution in [0, 0.1) is 6.92 Å². The maximum atomic E-state index is 11.2. The van der Waals surface area contributed by atoms with Crippen molar-refractivity contribution in [2.75, 3.05) is 0 Å². The third-order valence-electron chi connectivity index (χ3n) is 1.62. The van der Waals surface area contributed by atoms with Gasteiger partial charge in [-0.25, -0.2) is 4.79 Å². The lowest BCUT2D eigenvalue weighted by Crippen LogP contribution is -2.10. The van der Waals surface area contributed by atoms with Crippen LogP contribution in [0.15, 0.2) is 21.9 Å². The lowest BCUT2D eigenvalue weighted by Gasteiger charge is -1.99. The van der Waals surface area contributed by atoms with Crippen LogP contribution in [-0.2, 0) is 0 Å². The first kappa shape index (κ1) is 9.25. The third kappa shape index (κ3) is 1.66. The highest BCUT2D eigenvalue weighted by Gasteiger charge is 2.10. The summed E-state index contributed by atoms with van der Waals surface area (Å²) >= 11 is 0. The van der Waals surface area contributed by atoms with Gasteiger partial charge in [0.2, 0.25) is 5.76 Å². The summed E-state index contributed by atoms with van der Waals surface area (Å²) in [5.74, 6) is -1.43. The standard InChI is InChI=1S/C9H8O4/c1-3-7-5(2)6(10)4-8(13-7)9(11)12/h3-4H,1H2,2H3,(H,11,12). The van der Waals surface area contributed by atoms with Gasteiger partial charge in [-0.3, -0.25) is 4.79 Å².